The molecule has 7 heteroatoms. The molecule has 0 saturated heterocycles. The molecule has 1 amide bonds. The number of hydrogen-bond donors (Lipinski definition) is 2. The summed E-state index contributed by atoms with van der Waals surface area (Å²) in [6, 6.07) is 20.9. The first-order valence-corrected chi connectivity index (χ1v) is 13.6. The number of amides is 1. The minimum atomic E-state index is -1.01. The monoisotopic (exact) mass is 542 g/mol. The van der Waals surface area contributed by atoms with E-state index in [1.807, 2.05) is 81.4 Å². The summed E-state index contributed by atoms with van der Waals surface area (Å²) in [7, 11) is 0. The second-order valence-electron chi connectivity index (χ2n) is 10.6. The third-order valence-corrected chi connectivity index (χ3v) is 7.29. The molecule has 0 bridgehead atoms. The maximum atomic E-state index is 13.3. The van der Waals surface area contributed by atoms with Gasteiger partial charge in [-0.1, -0.05) is 24.3 Å². The van der Waals surface area contributed by atoms with Gasteiger partial charge in [-0.3, -0.25) is 4.79 Å². The summed E-state index contributed by atoms with van der Waals surface area (Å²) in [5.74, 6) is 0.147. The Labute approximate surface area is 235 Å². The summed E-state index contributed by atoms with van der Waals surface area (Å²) in [6.45, 7) is 13.7. The average Bonchev–Trinajstić information content (AvgIpc) is 3.17. The first-order valence-electron chi connectivity index (χ1n) is 13.6. The molecule has 4 aromatic rings. The van der Waals surface area contributed by atoms with Gasteiger partial charge in [-0.2, -0.15) is 0 Å². The Morgan fingerprint density at radius 1 is 0.825 bits per heavy atom. The normalized spacial score (nSPS) is 13.6. The predicted molar refractivity (Wildman–Crippen MR) is 157 cm³/mol. The van der Waals surface area contributed by atoms with Gasteiger partial charge in [0.1, 0.15) is 11.5 Å². The van der Waals surface area contributed by atoms with Crippen molar-refractivity contribution >= 4 is 22.8 Å². The summed E-state index contributed by atoms with van der Waals surface area (Å²) in [6.07, 6.45) is -0.863. The van der Waals surface area contributed by atoms with E-state index >= 15 is 0 Å². The second-order valence-corrected chi connectivity index (χ2v) is 10.6. The van der Waals surface area contributed by atoms with Gasteiger partial charge in [0.05, 0.1) is 18.2 Å². The van der Waals surface area contributed by atoms with E-state index in [0.29, 0.717) is 11.3 Å². The van der Waals surface area contributed by atoms with Crippen molar-refractivity contribution in [3.8, 4) is 11.5 Å². The van der Waals surface area contributed by atoms with E-state index in [9.17, 15) is 14.7 Å². The highest BCUT2D eigenvalue weighted by molar-refractivity contribution is 5.99. The van der Waals surface area contributed by atoms with E-state index in [2.05, 4.69) is 30.7 Å². The van der Waals surface area contributed by atoms with E-state index in [-0.39, 0.29) is 24.1 Å². The van der Waals surface area contributed by atoms with Crippen LogP contribution in [-0.4, -0.2) is 33.8 Å². The van der Waals surface area contributed by atoms with Crippen LogP contribution in [0.1, 0.15) is 79.4 Å². The average molecular weight is 543 g/mol. The number of aliphatic carboxylic acids is 1. The van der Waals surface area contributed by atoms with Gasteiger partial charge in [0.25, 0.3) is 5.91 Å². The van der Waals surface area contributed by atoms with Crippen molar-refractivity contribution in [1.29, 1.82) is 0 Å². The molecule has 3 atom stereocenters. The largest absolute Gasteiger partial charge is 0.491 e. The molecule has 0 aliphatic carbocycles. The SMILES string of the molecule is Cc1c(C)n(C(C)c2cccc(O[C@@H](C)C(=O)O)c2)c2ccc(C(=O)N[C@@H](C)c3cccc(OC(C)C)c3)cc12. The van der Waals surface area contributed by atoms with E-state index < -0.39 is 12.1 Å². The number of aryl methyl sites for hydroxylation is 1. The van der Waals surface area contributed by atoms with Crippen molar-refractivity contribution in [2.24, 2.45) is 0 Å². The van der Waals surface area contributed by atoms with Crippen molar-refractivity contribution in [2.45, 2.75) is 72.8 Å². The van der Waals surface area contributed by atoms with E-state index in [1.165, 1.54) is 6.92 Å². The maximum absolute atomic E-state index is 13.3. The fraction of sp³-hybridized carbons (Fsp3) is 0.333. The molecule has 7 nitrogen and oxygen atoms in total. The molecule has 1 aromatic heterocycles. The number of carbonyl (C=O) groups excluding carboxylic acids is 1. The Morgan fingerprint density at radius 3 is 2.10 bits per heavy atom. The van der Waals surface area contributed by atoms with Gasteiger partial charge >= 0.3 is 5.97 Å². The molecule has 0 aliphatic rings. The molecule has 3 aromatic carbocycles. The first kappa shape index (κ1) is 28.7. The van der Waals surface area contributed by atoms with Crippen molar-refractivity contribution in [3.05, 3.63) is 94.7 Å². The van der Waals surface area contributed by atoms with Crippen molar-refractivity contribution < 1.29 is 24.2 Å². The number of carbonyl (C=O) groups is 2. The highest BCUT2D eigenvalue weighted by Gasteiger charge is 2.20. The Hall–Kier alpha value is -4.26. The van der Waals surface area contributed by atoms with E-state index in [4.69, 9.17) is 9.47 Å². The first-order chi connectivity index (χ1) is 19.0. The van der Waals surface area contributed by atoms with E-state index in [1.54, 1.807) is 6.07 Å². The van der Waals surface area contributed by atoms with Crippen LogP contribution in [0.3, 0.4) is 0 Å². The fourth-order valence-electron chi connectivity index (χ4n) is 4.99. The zero-order valence-electron chi connectivity index (χ0n) is 24.2. The van der Waals surface area contributed by atoms with E-state index in [0.717, 1.165) is 39.0 Å². The van der Waals surface area contributed by atoms with Crippen LogP contribution in [0.4, 0.5) is 0 Å². The van der Waals surface area contributed by atoms with Crippen LogP contribution in [-0.2, 0) is 4.79 Å². The van der Waals surface area contributed by atoms with Crippen LogP contribution < -0.4 is 14.8 Å². The highest BCUT2D eigenvalue weighted by atomic mass is 16.5. The number of ether oxygens (including phenoxy) is 2. The summed E-state index contributed by atoms with van der Waals surface area (Å²) in [5.41, 5.74) is 5.80. The number of hydrogen-bond acceptors (Lipinski definition) is 4. The van der Waals surface area contributed by atoms with Gasteiger partial charge in [-0.25, -0.2) is 4.79 Å². The topological polar surface area (TPSA) is 89.8 Å². The Bertz CT molecular complexity index is 1540. The number of aromatic nitrogens is 1. The van der Waals surface area contributed by atoms with Gasteiger partial charge in [-0.05, 0) is 108 Å². The molecule has 210 valence electrons. The van der Waals surface area contributed by atoms with Gasteiger partial charge in [-0.15, -0.1) is 0 Å². The quantitative estimate of drug-likeness (QED) is 0.225. The Kier molecular flexibility index (Phi) is 8.52. The number of benzene rings is 3. The summed E-state index contributed by atoms with van der Waals surface area (Å²) < 4.78 is 13.6. The van der Waals surface area contributed by atoms with Gasteiger partial charge < -0.3 is 24.5 Å². The number of carboxylic acid groups (broad SMARTS) is 1. The highest BCUT2D eigenvalue weighted by Crippen LogP contribution is 2.33. The predicted octanol–water partition coefficient (Wildman–Crippen LogP) is 7.00. The molecule has 40 heavy (non-hydrogen) atoms. The summed E-state index contributed by atoms with van der Waals surface area (Å²) in [5, 5.41) is 13.3. The minimum Gasteiger partial charge on any atom is -0.491 e. The maximum Gasteiger partial charge on any atom is 0.344 e. The summed E-state index contributed by atoms with van der Waals surface area (Å²) >= 11 is 0. The number of rotatable bonds is 10. The van der Waals surface area contributed by atoms with Gasteiger partial charge in [0, 0.05) is 22.2 Å². The molecule has 0 radical (unpaired) electrons. The number of nitrogens with zero attached hydrogens (tertiary/aromatic N) is 1. The Balaban J connectivity index is 1.58. The Morgan fingerprint density at radius 2 is 1.45 bits per heavy atom. The summed E-state index contributed by atoms with van der Waals surface area (Å²) in [4.78, 5) is 24.5. The molecule has 0 spiro atoms. The standard InChI is InChI=1S/C33H38N2O5/c1-19(2)39-28-12-8-10-25(16-28)21(4)34-32(36)27-14-15-31-30(18-27)20(3)22(5)35(31)23(6)26-11-9-13-29(17-26)40-24(7)33(37)38/h8-19,21,23-24H,1-7H3,(H,34,36)(H,37,38)/t21-,23?,24-/m0/s1. The van der Waals surface area contributed by atoms with Crippen molar-refractivity contribution in [2.75, 3.05) is 0 Å². The number of carboxylic acids is 1. The second kappa shape index (κ2) is 11.9. The lowest BCUT2D eigenvalue weighted by Crippen LogP contribution is -2.26. The number of fused-ring (bicyclic) bond motifs is 1. The molecule has 2 N–H and O–H groups in total. The molecule has 0 fully saturated rings. The molecular formula is C33H38N2O5. The smallest absolute Gasteiger partial charge is 0.344 e. The lowest BCUT2D eigenvalue weighted by molar-refractivity contribution is -0.144. The molecule has 1 heterocycles. The lowest BCUT2D eigenvalue weighted by atomic mass is 10.1. The van der Waals surface area contributed by atoms with Gasteiger partial charge in [0.2, 0.25) is 0 Å². The zero-order valence-corrected chi connectivity index (χ0v) is 24.2. The zero-order chi connectivity index (χ0) is 29.1. The molecule has 4 rings (SSSR count). The molecule has 0 aliphatic heterocycles. The molecule has 1 unspecified atom stereocenters. The van der Waals surface area contributed by atoms with Crippen LogP contribution in [0.15, 0.2) is 66.7 Å². The third-order valence-electron chi connectivity index (χ3n) is 7.29. The van der Waals surface area contributed by atoms with Gasteiger partial charge in [0.15, 0.2) is 6.10 Å². The number of nitrogens with one attached hydrogen (secondary N) is 1. The van der Waals surface area contributed by atoms with Crippen LogP contribution in [0.25, 0.3) is 10.9 Å². The third kappa shape index (κ3) is 6.14. The van der Waals surface area contributed by atoms with Crippen LogP contribution in [0.5, 0.6) is 11.5 Å². The molecular weight excluding hydrogens is 504 g/mol. The van der Waals surface area contributed by atoms with Crippen LogP contribution >= 0.6 is 0 Å². The lowest BCUT2D eigenvalue weighted by Gasteiger charge is -2.20. The van der Waals surface area contributed by atoms with Crippen molar-refractivity contribution in [3.63, 3.8) is 0 Å². The van der Waals surface area contributed by atoms with Crippen LogP contribution in [0, 0.1) is 13.8 Å². The minimum absolute atomic E-state index is 0.0417. The van der Waals surface area contributed by atoms with Crippen LogP contribution in [0.2, 0.25) is 0 Å². The molecule has 0 saturated carbocycles. The fourth-order valence-corrected chi connectivity index (χ4v) is 4.99. The van der Waals surface area contributed by atoms with Crippen molar-refractivity contribution in [1.82, 2.24) is 9.88 Å².